The molecule has 0 atom stereocenters. The molecule has 90 valence electrons. The Hall–Kier alpha value is -1.68. The highest BCUT2D eigenvalue weighted by Gasteiger charge is 2.07. The van der Waals surface area contributed by atoms with Crippen molar-refractivity contribution in [3.63, 3.8) is 0 Å². The zero-order chi connectivity index (χ0) is 12.4. The van der Waals surface area contributed by atoms with Crippen LogP contribution >= 0.6 is 0 Å². The lowest BCUT2D eigenvalue weighted by atomic mass is 10.1. The summed E-state index contributed by atoms with van der Waals surface area (Å²) in [6, 6.07) is 6.35. The van der Waals surface area contributed by atoms with E-state index in [0.717, 1.165) is 23.8 Å². The molecule has 0 bridgehead atoms. The summed E-state index contributed by atoms with van der Waals surface area (Å²) in [5.74, 6) is 1.71. The smallest absolute Gasteiger partial charge is 0.148 e. The first-order chi connectivity index (χ1) is 8.11. The van der Waals surface area contributed by atoms with E-state index in [-0.39, 0.29) is 0 Å². The standard InChI is InChI=1S/C13H18N4/c1-9-8-12(6-7-14)4-5-13(9)17-11(3)15-10(2)16-17/h4-5,8H,6-7,14H2,1-3H3. The van der Waals surface area contributed by atoms with Gasteiger partial charge in [0.15, 0.2) is 0 Å². The molecular formula is C13H18N4. The van der Waals surface area contributed by atoms with Crippen LogP contribution in [0, 0.1) is 20.8 Å². The maximum absolute atomic E-state index is 5.56. The van der Waals surface area contributed by atoms with E-state index in [4.69, 9.17) is 5.73 Å². The second-order valence-corrected chi connectivity index (χ2v) is 4.28. The molecule has 0 amide bonds. The number of hydrogen-bond acceptors (Lipinski definition) is 3. The molecule has 0 fully saturated rings. The van der Waals surface area contributed by atoms with Crippen molar-refractivity contribution in [1.29, 1.82) is 0 Å². The summed E-state index contributed by atoms with van der Waals surface area (Å²) in [5.41, 5.74) is 9.11. The van der Waals surface area contributed by atoms with Gasteiger partial charge in [-0.25, -0.2) is 9.67 Å². The van der Waals surface area contributed by atoms with Crippen molar-refractivity contribution in [2.75, 3.05) is 6.54 Å². The highest BCUT2D eigenvalue weighted by atomic mass is 15.3. The highest BCUT2D eigenvalue weighted by molar-refractivity contribution is 5.42. The number of hydrogen-bond donors (Lipinski definition) is 1. The zero-order valence-corrected chi connectivity index (χ0v) is 10.6. The van der Waals surface area contributed by atoms with Crippen LogP contribution in [0.3, 0.4) is 0 Å². The van der Waals surface area contributed by atoms with E-state index < -0.39 is 0 Å². The lowest BCUT2D eigenvalue weighted by Gasteiger charge is -2.09. The summed E-state index contributed by atoms with van der Waals surface area (Å²) in [5, 5.41) is 4.40. The Morgan fingerprint density at radius 2 is 2.00 bits per heavy atom. The molecule has 2 aromatic rings. The molecule has 0 aliphatic heterocycles. The van der Waals surface area contributed by atoms with Crippen LogP contribution < -0.4 is 5.73 Å². The summed E-state index contributed by atoms with van der Waals surface area (Å²) < 4.78 is 1.89. The third kappa shape index (κ3) is 2.36. The molecule has 2 N–H and O–H groups in total. The largest absolute Gasteiger partial charge is 0.330 e. The number of aromatic nitrogens is 3. The third-order valence-corrected chi connectivity index (χ3v) is 2.80. The molecule has 0 radical (unpaired) electrons. The Kier molecular flexibility index (Phi) is 3.24. The molecule has 0 saturated heterocycles. The predicted octanol–water partition coefficient (Wildman–Crippen LogP) is 1.69. The minimum Gasteiger partial charge on any atom is -0.330 e. The number of benzene rings is 1. The molecule has 0 spiro atoms. The SMILES string of the molecule is Cc1nc(C)n(-c2ccc(CCN)cc2C)n1. The molecule has 4 nitrogen and oxygen atoms in total. The average Bonchev–Trinajstić information content (AvgIpc) is 2.58. The van der Waals surface area contributed by atoms with E-state index in [1.807, 2.05) is 18.5 Å². The van der Waals surface area contributed by atoms with Crippen molar-refractivity contribution >= 4 is 0 Å². The highest BCUT2D eigenvalue weighted by Crippen LogP contribution is 2.16. The lowest BCUT2D eigenvalue weighted by molar-refractivity contribution is 0.823. The first kappa shape index (κ1) is 11.8. The fraction of sp³-hybridized carbons (Fsp3) is 0.385. The molecule has 1 aromatic carbocycles. The molecule has 17 heavy (non-hydrogen) atoms. The fourth-order valence-corrected chi connectivity index (χ4v) is 2.03. The van der Waals surface area contributed by atoms with E-state index in [1.54, 1.807) is 0 Å². The van der Waals surface area contributed by atoms with Gasteiger partial charge in [0.2, 0.25) is 0 Å². The quantitative estimate of drug-likeness (QED) is 0.873. The second kappa shape index (κ2) is 4.67. The number of nitrogens with zero attached hydrogens (tertiary/aromatic N) is 3. The minimum atomic E-state index is 0.681. The van der Waals surface area contributed by atoms with Gasteiger partial charge < -0.3 is 5.73 Å². The van der Waals surface area contributed by atoms with Crippen LogP contribution in [-0.4, -0.2) is 21.3 Å². The Balaban J connectivity index is 2.43. The number of rotatable bonds is 3. The van der Waals surface area contributed by atoms with Crippen LogP contribution in [0.15, 0.2) is 18.2 Å². The van der Waals surface area contributed by atoms with Crippen molar-refractivity contribution in [3.05, 3.63) is 41.0 Å². The van der Waals surface area contributed by atoms with Gasteiger partial charge in [-0.2, -0.15) is 5.10 Å². The molecule has 0 saturated carbocycles. The second-order valence-electron chi connectivity index (χ2n) is 4.28. The van der Waals surface area contributed by atoms with Crippen LogP contribution in [0.4, 0.5) is 0 Å². The van der Waals surface area contributed by atoms with Crippen molar-refractivity contribution in [3.8, 4) is 5.69 Å². The maximum Gasteiger partial charge on any atom is 0.148 e. The van der Waals surface area contributed by atoms with Crippen molar-refractivity contribution < 1.29 is 0 Å². The zero-order valence-electron chi connectivity index (χ0n) is 10.6. The summed E-state index contributed by atoms with van der Waals surface area (Å²) in [6.45, 7) is 6.64. The van der Waals surface area contributed by atoms with Gasteiger partial charge in [0.25, 0.3) is 0 Å². The van der Waals surface area contributed by atoms with Gasteiger partial charge in [0.1, 0.15) is 11.6 Å². The van der Waals surface area contributed by atoms with Crippen molar-refractivity contribution in [2.24, 2.45) is 5.73 Å². The Labute approximate surface area is 101 Å². The summed E-state index contributed by atoms with van der Waals surface area (Å²) >= 11 is 0. The molecular weight excluding hydrogens is 212 g/mol. The maximum atomic E-state index is 5.56. The summed E-state index contributed by atoms with van der Waals surface area (Å²) in [4.78, 5) is 4.32. The first-order valence-corrected chi connectivity index (χ1v) is 5.82. The van der Waals surface area contributed by atoms with Crippen LogP contribution in [0.5, 0.6) is 0 Å². The third-order valence-electron chi connectivity index (χ3n) is 2.80. The van der Waals surface area contributed by atoms with E-state index in [1.165, 1.54) is 11.1 Å². The number of aryl methyl sites for hydroxylation is 3. The average molecular weight is 230 g/mol. The van der Waals surface area contributed by atoms with Gasteiger partial charge in [0.05, 0.1) is 5.69 Å². The molecule has 0 aliphatic rings. The molecule has 1 aromatic heterocycles. The van der Waals surface area contributed by atoms with Gasteiger partial charge in [-0.1, -0.05) is 12.1 Å². The van der Waals surface area contributed by atoms with E-state index >= 15 is 0 Å². The molecule has 0 aliphatic carbocycles. The van der Waals surface area contributed by atoms with Gasteiger partial charge in [-0.05, 0) is 50.9 Å². The fourth-order valence-electron chi connectivity index (χ4n) is 2.03. The normalized spacial score (nSPS) is 10.8. The predicted molar refractivity (Wildman–Crippen MR) is 68.3 cm³/mol. The Morgan fingerprint density at radius 1 is 1.24 bits per heavy atom. The molecule has 4 heteroatoms. The van der Waals surface area contributed by atoms with Crippen LogP contribution in [0.1, 0.15) is 22.8 Å². The Morgan fingerprint density at radius 3 is 2.53 bits per heavy atom. The minimum absolute atomic E-state index is 0.681. The van der Waals surface area contributed by atoms with Crippen molar-refractivity contribution in [2.45, 2.75) is 27.2 Å². The monoisotopic (exact) mass is 230 g/mol. The molecule has 2 rings (SSSR count). The lowest BCUT2D eigenvalue weighted by Crippen LogP contribution is -2.05. The first-order valence-electron chi connectivity index (χ1n) is 5.82. The van der Waals surface area contributed by atoms with Gasteiger partial charge >= 0.3 is 0 Å². The van der Waals surface area contributed by atoms with Crippen molar-refractivity contribution in [1.82, 2.24) is 14.8 Å². The van der Waals surface area contributed by atoms with E-state index in [2.05, 4.69) is 35.2 Å². The van der Waals surface area contributed by atoms with Gasteiger partial charge in [-0.15, -0.1) is 0 Å². The summed E-state index contributed by atoms with van der Waals surface area (Å²) in [6.07, 6.45) is 0.913. The summed E-state index contributed by atoms with van der Waals surface area (Å²) in [7, 11) is 0. The van der Waals surface area contributed by atoms with E-state index in [9.17, 15) is 0 Å². The van der Waals surface area contributed by atoms with Gasteiger partial charge in [-0.3, -0.25) is 0 Å². The van der Waals surface area contributed by atoms with E-state index in [0.29, 0.717) is 6.54 Å². The van der Waals surface area contributed by atoms with Crippen LogP contribution in [0.2, 0.25) is 0 Å². The number of nitrogens with two attached hydrogens (primary N) is 1. The Bertz CT molecular complexity index is 528. The van der Waals surface area contributed by atoms with Crippen LogP contribution in [-0.2, 0) is 6.42 Å². The molecule has 1 heterocycles. The van der Waals surface area contributed by atoms with Crippen LogP contribution in [0.25, 0.3) is 5.69 Å². The topological polar surface area (TPSA) is 56.7 Å². The molecule has 0 unspecified atom stereocenters. The van der Waals surface area contributed by atoms with Gasteiger partial charge in [0, 0.05) is 0 Å².